The average molecular weight is 217 g/mol. The summed E-state index contributed by atoms with van der Waals surface area (Å²) in [5, 5.41) is 0. The van der Waals surface area contributed by atoms with Crippen LogP contribution >= 0.6 is 0 Å². The van der Waals surface area contributed by atoms with Gasteiger partial charge in [0.1, 0.15) is 0 Å². The van der Waals surface area contributed by atoms with Crippen molar-refractivity contribution in [3.05, 3.63) is 28.8 Å². The predicted octanol–water partition coefficient (Wildman–Crippen LogP) is 3.72. The highest BCUT2D eigenvalue weighted by atomic mass is 15.1. The molecule has 0 amide bonds. The molecule has 1 aliphatic heterocycles. The van der Waals surface area contributed by atoms with Crippen LogP contribution < -0.4 is 4.90 Å². The van der Waals surface area contributed by atoms with Crippen LogP contribution in [0.2, 0.25) is 0 Å². The minimum absolute atomic E-state index is 1.15. The van der Waals surface area contributed by atoms with Crippen molar-refractivity contribution in [2.24, 2.45) is 0 Å². The van der Waals surface area contributed by atoms with Crippen molar-refractivity contribution in [3.8, 4) is 0 Å². The second kappa shape index (κ2) is 4.90. The standard InChI is InChI=1S/C15H23N/c1-4-13-10-12(3)11-14(5-2)15(13)16-8-6-7-9-16/h10-11H,4-9H2,1-3H3. The van der Waals surface area contributed by atoms with E-state index in [0.717, 1.165) is 12.8 Å². The zero-order valence-corrected chi connectivity index (χ0v) is 10.8. The molecule has 16 heavy (non-hydrogen) atoms. The molecule has 0 atom stereocenters. The van der Waals surface area contributed by atoms with Gasteiger partial charge in [-0.1, -0.05) is 31.5 Å². The first-order valence-corrected chi connectivity index (χ1v) is 6.63. The number of anilines is 1. The summed E-state index contributed by atoms with van der Waals surface area (Å²) in [6.45, 7) is 9.26. The van der Waals surface area contributed by atoms with Crippen LogP contribution in [0, 0.1) is 6.92 Å². The Balaban J connectivity index is 2.46. The number of nitrogens with zero attached hydrogens (tertiary/aromatic N) is 1. The van der Waals surface area contributed by atoms with Gasteiger partial charge in [0, 0.05) is 18.8 Å². The molecular formula is C15H23N. The molecule has 0 spiro atoms. The Morgan fingerprint density at radius 1 is 1.00 bits per heavy atom. The lowest BCUT2D eigenvalue weighted by Gasteiger charge is -2.25. The number of aryl methyl sites for hydroxylation is 3. The van der Waals surface area contributed by atoms with Crippen LogP contribution in [-0.2, 0) is 12.8 Å². The number of benzene rings is 1. The quantitative estimate of drug-likeness (QED) is 0.746. The van der Waals surface area contributed by atoms with Gasteiger partial charge >= 0.3 is 0 Å². The number of hydrogen-bond acceptors (Lipinski definition) is 1. The van der Waals surface area contributed by atoms with Crippen molar-refractivity contribution >= 4 is 5.69 Å². The SMILES string of the molecule is CCc1cc(C)cc(CC)c1N1CCCC1. The molecule has 1 heteroatoms. The van der Waals surface area contributed by atoms with E-state index >= 15 is 0 Å². The molecule has 0 bridgehead atoms. The smallest absolute Gasteiger partial charge is 0.0431 e. The first-order valence-electron chi connectivity index (χ1n) is 6.63. The van der Waals surface area contributed by atoms with E-state index in [0.29, 0.717) is 0 Å². The van der Waals surface area contributed by atoms with Crippen molar-refractivity contribution in [1.29, 1.82) is 0 Å². The summed E-state index contributed by atoms with van der Waals surface area (Å²) in [5.74, 6) is 0. The van der Waals surface area contributed by atoms with Crippen molar-refractivity contribution in [2.75, 3.05) is 18.0 Å². The normalized spacial score (nSPS) is 15.8. The molecule has 1 fully saturated rings. The second-order valence-electron chi connectivity index (χ2n) is 4.83. The molecule has 1 saturated heterocycles. The van der Waals surface area contributed by atoms with E-state index in [1.807, 2.05) is 0 Å². The number of rotatable bonds is 3. The molecule has 1 aromatic carbocycles. The highest BCUT2D eigenvalue weighted by Gasteiger charge is 2.18. The Morgan fingerprint density at radius 3 is 1.94 bits per heavy atom. The van der Waals surface area contributed by atoms with Crippen molar-refractivity contribution in [1.82, 2.24) is 0 Å². The molecule has 1 aromatic rings. The Morgan fingerprint density at radius 2 is 1.50 bits per heavy atom. The molecule has 1 aliphatic rings. The van der Waals surface area contributed by atoms with E-state index in [2.05, 4.69) is 37.8 Å². The van der Waals surface area contributed by atoms with Gasteiger partial charge in [0.25, 0.3) is 0 Å². The maximum absolute atomic E-state index is 2.59. The van der Waals surface area contributed by atoms with Crippen LogP contribution in [0.15, 0.2) is 12.1 Å². The maximum atomic E-state index is 2.59. The number of hydrogen-bond donors (Lipinski definition) is 0. The largest absolute Gasteiger partial charge is 0.371 e. The zero-order chi connectivity index (χ0) is 11.5. The van der Waals surface area contributed by atoms with Gasteiger partial charge < -0.3 is 4.90 Å². The molecule has 0 radical (unpaired) electrons. The first-order chi connectivity index (χ1) is 7.76. The first kappa shape index (κ1) is 11.5. The molecule has 1 nitrogen and oxygen atoms in total. The van der Waals surface area contributed by atoms with E-state index in [4.69, 9.17) is 0 Å². The second-order valence-corrected chi connectivity index (χ2v) is 4.83. The Bertz CT molecular complexity index is 337. The monoisotopic (exact) mass is 217 g/mol. The minimum Gasteiger partial charge on any atom is -0.371 e. The molecule has 0 saturated carbocycles. The molecule has 1 heterocycles. The lowest BCUT2D eigenvalue weighted by molar-refractivity contribution is 0.924. The van der Waals surface area contributed by atoms with Crippen molar-refractivity contribution < 1.29 is 0 Å². The van der Waals surface area contributed by atoms with E-state index in [1.165, 1.54) is 31.5 Å². The summed E-state index contributed by atoms with van der Waals surface area (Å²) in [7, 11) is 0. The summed E-state index contributed by atoms with van der Waals surface area (Å²) in [6, 6.07) is 4.74. The lowest BCUT2D eigenvalue weighted by atomic mass is 9.99. The molecular weight excluding hydrogens is 194 g/mol. The predicted molar refractivity (Wildman–Crippen MR) is 71.4 cm³/mol. The molecule has 0 N–H and O–H groups in total. The third-order valence-corrected chi connectivity index (χ3v) is 3.60. The van der Waals surface area contributed by atoms with Gasteiger partial charge in [-0.15, -0.1) is 0 Å². The Kier molecular flexibility index (Phi) is 3.52. The molecule has 88 valence electrons. The van der Waals surface area contributed by atoms with E-state index in [9.17, 15) is 0 Å². The lowest BCUT2D eigenvalue weighted by Crippen LogP contribution is -2.21. The minimum atomic E-state index is 1.15. The van der Waals surface area contributed by atoms with Gasteiger partial charge in [0.2, 0.25) is 0 Å². The molecule has 0 aromatic heterocycles. The fourth-order valence-corrected chi connectivity index (χ4v) is 2.82. The maximum Gasteiger partial charge on any atom is 0.0431 e. The van der Waals surface area contributed by atoms with Crippen LogP contribution in [0.3, 0.4) is 0 Å². The van der Waals surface area contributed by atoms with Gasteiger partial charge in [-0.05, 0) is 43.7 Å². The third-order valence-electron chi connectivity index (χ3n) is 3.60. The van der Waals surface area contributed by atoms with Gasteiger partial charge in [-0.2, -0.15) is 0 Å². The van der Waals surface area contributed by atoms with Crippen LogP contribution in [0.4, 0.5) is 5.69 Å². The highest BCUT2D eigenvalue weighted by Crippen LogP contribution is 2.31. The molecule has 0 unspecified atom stereocenters. The van der Waals surface area contributed by atoms with E-state index < -0.39 is 0 Å². The third kappa shape index (κ3) is 2.09. The summed E-state index contributed by atoms with van der Waals surface area (Å²) in [5.41, 5.74) is 6.04. The fourth-order valence-electron chi connectivity index (χ4n) is 2.82. The zero-order valence-electron chi connectivity index (χ0n) is 10.8. The van der Waals surface area contributed by atoms with E-state index in [1.54, 1.807) is 16.8 Å². The molecule has 0 aliphatic carbocycles. The van der Waals surface area contributed by atoms with Crippen molar-refractivity contribution in [2.45, 2.75) is 46.5 Å². The van der Waals surface area contributed by atoms with Crippen molar-refractivity contribution in [3.63, 3.8) is 0 Å². The highest BCUT2D eigenvalue weighted by molar-refractivity contribution is 5.61. The van der Waals surface area contributed by atoms with Crippen LogP contribution in [0.5, 0.6) is 0 Å². The van der Waals surface area contributed by atoms with Gasteiger partial charge in [-0.3, -0.25) is 0 Å². The van der Waals surface area contributed by atoms with Gasteiger partial charge in [0.15, 0.2) is 0 Å². The molecule has 2 rings (SSSR count). The Hall–Kier alpha value is -0.980. The summed E-state index contributed by atoms with van der Waals surface area (Å²) < 4.78 is 0. The van der Waals surface area contributed by atoms with Gasteiger partial charge in [0.05, 0.1) is 0 Å². The van der Waals surface area contributed by atoms with Crippen LogP contribution in [-0.4, -0.2) is 13.1 Å². The van der Waals surface area contributed by atoms with Gasteiger partial charge in [-0.25, -0.2) is 0 Å². The van der Waals surface area contributed by atoms with E-state index in [-0.39, 0.29) is 0 Å². The summed E-state index contributed by atoms with van der Waals surface area (Å²) in [4.78, 5) is 2.59. The average Bonchev–Trinajstić information content (AvgIpc) is 2.80. The Labute approximate surface area is 99.5 Å². The fraction of sp³-hybridized carbons (Fsp3) is 0.600. The summed E-state index contributed by atoms with van der Waals surface area (Å²) in [6.07, 6.45) is 5.03. The topological polar surface area (TPSA) is 3.24 Å². The van der Waals surface area contributed by atoms with Crippen LogP contribution in [0.1, 0.15) is 43.4 Å². The van der Waals surface area contributed by atoms with Crippen LogP contribution in [0.25, 0.3) is 0 Å². The summed E-state index contributed by atoms with van der Waals surface area (Å²) >= 11 is 0.